The van der Waals surface area contributed by atoms with Gasteiger partial charge < -0.3 is 4.57 Å². The zero-order valence-corrected chi connectivity index (χ0v) is 19.9. The molecular formula is C24H29N3O2S2. The third-order valence-corrected chi connectivity index (χ3v) is 8.20. The lowest BCUT2D eigenvalue weighted by Gasteiger charge is -2.26. The molecule has 0 aliphatic carbocycles. The van der Waals surface area contributed by atoms with Crippen LogP contribution in [0.15, 0.2) is 69.9 Å². The van der Waals surface area contributed by atoms with Gasteiger partial charge in [-0.2, -0.15) is 4.31 Å². The zero-order chi connectivity index (χ0) is 22.1. The van der Waals surface area contributed by atoms with Crippen LogP contribution in [0.2, 0.25) is 0 Å². The first kappa shape index (κ1) is 22.0. The molecule has 0 atom stereocenters. The molecular weight excluding hydrogens is 426 g/mol. The number of piperidine rings is 1. The maximum atomic E-state index is 13.0. The molecule has 2 heterocycles. The highest BCUT2D eigenvalue weighted by Crippen LogP contribution is 2.29. The number of para-hydroxylation sites is 1. The first-order valence-electron chi connectivity index (χ1n) is 10.7. The van der Waals surface area contributed by atoms with E-state index in [1.54, 1.807) is 27.8 Å². The van der Waals surface area contributed by atoms with Crippen LogP contribution in [0.25, 0.3) is 11.3 Å². The molecule has 0 N–H and O–H groups in total. The van der Waals surface area contributed by atoms with Gasteiger partial charge in [0.1, 0.15) is 0 Å². The Bertz CT molecular complexity index is 1200. The summed E-state index contributed by atoms with van der Waals surface area (Å²) in [4.78, 5) is 6.13. The van der Waals surface area contributed by atoms with E-state index in [4.69, 9.17) is 4.99 Å². The molecule has 3 aromatic rings. The van der Waals surface area contributed by atoms with E-state index in [-0.39, 0.29) is 5.54 Å². The van der Waals surface area contributed by atoms with E-state index in [0.717, 1.165) is 41.0 Å². The Morgan fingerprint density at radius 1 is 0.903 bits per heavy atom. The number of hydrogen-bond donors (Lipinski definition) is 0. The van der Waals surface area contributed by atoms with Crippen molar-refractivity contribution in [2.24, 2.45) is 4.99 Å². The quantitative estimate of drug-likeness (QED) is 0.530. The molecule has 1 aromatic heterocycles. The molecule has 2 aromatic carbocycles. The number of nitrogens with zero attached hydrogens (tertiary/aromatic N) is 3. The SMILES string of the molecule is CC(C)(C)n1c(-c2ccc(S(=O)(=O)N3CCCCC3)cc2)csc1=Nc1ccccc1. The molecule has 164 valence electrons. The summed E-state index contributed by atoms with van der Waals surface area (Å²) < 4.78 is 29.8. The molecule has 0 unspecified atom stereocenters. The molecule has 1 saturated heterocycles. The fraction of sp³-hybridized carbons (Fsp3) is 0.375. The average molecular weight is 456 g/mol. The number of benzene rings is 2. The molecule has 0 spiro atoms. The first-order valence-corrected chi connectivity index (χ1v) is 13.0. The van der Waals surface area contributed by atoms with Gasteiger partial charge in [-0.05, 0) is 63.4 Å². The van der Waals surface area contributed by atoms with Gasteiger partial charge in [-0.25, -0.2) is 13.4 Å². The number of aromatic nitrogens is 1. The van der Waals surface area contributed by atoms with Crippen molar-refractivity contribution in [2.75, 3.05) is 13.1 Å². The minimum Gasteiger partial charge on any atom is -0.311 e. The Balaban J connectivity index is 1.73. The second-order valence-corrected chi connectivity index (χ2v) is 11.6. The lowest BCUT2D eigenvalue weighted by molar-refractivity contribution is 0.346. The number of rotatable bonds is 4. The van der Waals surface area contributed by atoms with E-state index in [0.29, 0.717) is 18.0 Å². The van der Waals surface area contributed by atoms with Crippen molar-refractivity contribution in [3.63, 3.8) is 0 Å². The monoisotopic (exact) mass is 455 g/mol. The van der Waals surface area contributed by atoms with Crippen molar-refractivity contribution in [3.05, 3.63) is 64.8 Å². The van der Waals surface area contributed by atoms with Gasteiger partial charge in [0.05, 0.1) is 16.3 Å². The van der Waals surface area contributed by atoms with Gasteiger partial charge in [-0.3, -0.25) is 0 Å². The highest BCUT2D eigenvalue weighted by molar-refractivity contribution is 7.89. The predicted octanol–water partition coefficient (Wildman–Crippen LogP) is 5.38. The van der Waals surface area contributed by atoms with E-state index in [1.165, 1.54) is 0 Å². The molecule has 31 heavy (non-hydrogen) atoms. The van der Waals surface area contributed by atoms with Gasteiger partial charge in [0, 0.05) is 24.0 Å². The summed E-state index contributed by atoms with van der Waals surface area (Å²) in [6.07, 6.45) is 2.98. The van der Waals surface area contributed by atoms with Gasteiger partial charge in [0.25, 0.3) is 0 Å². The molecule has 0 radical (unpaired) electrons. The van der Waals surface area contributed by atoms with E-state index < -0.39 is 10.0 Å². The third-order valence-electron chi connectivity index (χ3n) is 5.46. The normalized spacial score (nSPS) is 16.5. The highest BCUT2D eigenvalue weighted by atomic mass is 32.2. The van der Waals surface area contributed by atoms with Crippen molar-refractivity contribution < 1.29 is 8.42 Å². The fourth-order valence-corrected chi connectivity index (χ4v) is 6.52. The Hall–Kier alpha value is -2.22. The van der Waals surface area contributed by atoms with Crippen LogP contribution in [0.3, 0.4) is 0 Å². The summed E-state index contributed by atoms with van der Waals surface area (Å²) >= 11 is 1.59. The standard InChI is InChI=1S/C24H29N3O2S2/c1-24(2,3)27-22(18-30-23(27)25-20-10-6-4-7-11-20)19-12-14-21(15-13-19)31(28,29)26-16-8-5-9-17-26/h4,6-7,10-15,18H,5,8-9,16-17H2,1-3H3. The molecule has 4 rings (SSSR count). The second kappa shape index (κ2) is 8.73. The van der Waals surface area contributed by atoms with E-state index in [9.17, 15) is 8.42 Å². The Kier molecular flexibility index (Phi) is 6.19. The number of thiazole rings is 1. The number of sulfonamides is 1. The van der Waals surface area contributed by atoms with Gasteiger partial charge in [0.2, 0.25) is 10.0 Å². The van der Waals surface area contributed by atoms with Crippen molar-refractivity contribution in [3.8, 4) is 11.3 Å². The van der Waals surface area contributed by atoms with Crippen LogP contribution in [0.5, 0.6) is 0 Å². The molecule has 1 fully saturated rings. The maximum Gasteiger partial charge on any atom is 0.243 e. The van der Waals surface area contributed by atoms with Crippen molar-refractivity contribution in [2.45, 2.75) is 50.5 Å². The summed E-state index contributed by atoms with van der Waals surface area (Å²) in [7, 11) is -3.42. The van der Waals surface area contributed by atoms with Crippen LogP contribution in [-0.4, -0.2) is 30.4 Å². The van der Waals surface area contributed by atoms with E-state index >= 15 is 0 Å². The molecule has 5 nitrogen and oxygen atoms in total. The van der Waals surface area contributed by atoms with Crippen LogP contribution in [0.1, 0.15) is 40.0 Å². The predicted molar refractivity (Wildman–Crippen MR) is 127 cm³/mol. The fourth-order valence-electron chi connectivity index (χ4n) is 3.90. The van der Waals surface area contributed by atoms with Gasteiger partial charge in [-0.15, -0.1) is 11.3 Å². The van der Waals surface area contributed by atoms with Gasteiger partial charge >= 0.3 is 0 Å². The van der Waals surface area contributed by atoms with E-state index in [1.807, 2.05) is 42.5 Å². The summed E-state index contributed by atoms with van der Waals surface area (Å²) in [5.41, 5.74) is 2.76. The largest absolute Gasteiger partial charge is 0.311 e. The van der Waals surface area contributed by atoms with Crippen molar-refractivity contribution in [1.82, 2.24) is 8.87 Å². The smallest absolute Gasteiger partial charge is 0.243 e. The molecule has 0 amide bonds. The molecule has 7 heteroatoms. The van der Waals surface area contributed by atoms with Crippen LogP contribution >= 0.6 is 11.3 Å². The van der Waals surface area contributed by atoms with Gasteiger partial charge in [-0.1, -0.05) is 36.8 Å². The first-order chi connectivity index (χ1) is 14.8. The zero-order valence-electron chi connectivity index (χ0n) is 18.3. The Morgan fingerprint density at radius 3 is 2.16 bits per heavy atom. The second-order valence-electron chi connectivity index (χ2n) is 8.85. The van der Waals surface area contributed by atoms with E-state index in [2.05, 4.69) is 30.7 Å². The van der Waals surface area contributed by atoms with Crippen LogP contribution in [0, 0.1) is 0 Å². The minimum atomic E-state index is -3.42. The van der Waals surface area contributed by atoms with Crippen LogP contribution in [-0.2, 0) is 15.6 Å². The molecule has 0 bridgehead atoms. The number of hydrogen-bond acceptors (Lipinski definition) is 4. The lowest BCUT2D eigenvalue weighted by atomic mass is 10.1. The molecule has 0 saturated carbocycles. The Labute approximate surface area is 188 Å². The summed E-state index contributed by atoms with van der Waals surface area (Å²) in [6, 6.07) is 17.2. The minimum absolute atomic E-state index is 0.179. The summed E-state index contributed by atoms with van der Waals surface area (Å²) in [5, 5.41) is 2.10. The highest BCUT2D eigenvalue weighted by Gasteiger charge is 2.26. The molecule has 1 aliphatic heterocycles. The van der Waals surface area contributed by atoms with Crippen molar-refractivity contribution in [1.29, 1.82) is 0 Å². The summed E-state index contributed by atoms with van der Waals surface area (Å²) in [6.45, 7) is 7.69. The van der Waals surface area contributed by atoms with Crippen LogP contribution < -0.4 is 4.80 Å². The average Bonchev–Trinajstić information content (AvgIpc) is 3.19. The van der Waals surface area contributed by atoms with Gasteiger partial charge in [0.15, 0.2) is 4.80 Å². The Morgan fingerprint density at radius 2 is 1.55 bits per heavy atom. The lowest BCUT2D eigenvalue weighted by Crippen LogP contribution is -2.35. The van der Waals surface area contributed by atoms with Crippen LogP contribution in [0.4, 0.5) is 5.69 Å². The topological polar surface area (TPSA) is 54.7 Å². The summed E-state index contributed by atoms with van der Waals surface area (Å²) in [5.74, 6) is 0. The maximum absolute atomic E-state index is 13.0. The molecule has 1 aliphatic rings. The van der Waals surface area contributed by atoms with Crippen molar-refractivity contribution >= 4 is 27.0 Å². The third kappa shape index (κ3) is 4.68.